The second-order valence-corrected chi connectivity index (χ2v) is 3.88. The number of carboxylic acids is 2. The molecular weight excluding hydrogens is 270 g/mol. The first kappa shape index (κ1) is 17.7. The van der Waals surface area contributed by atoms with Gasteiger partial charge in [-0.3, -0.25) is 9.59 Å². The zero-order chi connectivity index (χ0) is 15.7. The van der Waals surface area contributed by atoms with E-state index in [1.54, 1.807) is 13.8 Å². The van der Waals surface area contributed by atoms with Gasteiger partial charge in [-0.05, 0) is 13.8 Å². The lowest BCUT2D eigenvalue weighted by Crippen LogP contribution is -2.49. The Morgan fingerprint density at radius 1 is 1.10 bits per heavy atom. The first-order valence-electron chi connectivity index (χ1n) is 6.08. The SMILES string of the molecule is CCN(CC)C(=O)CNC(=O)N[C@H](CC(=O)O)C(=O)O. The first-order chi connectivity index (χ1) is 9.31. The lowest BCUT2D eigenvalue weighted by Gasteiger charge is -2.19. The average molecular weight is 289 g/mol. The Bertz CT molecular complexity index is 380. The van der Waals surface area contributed by atoms with Crippen LogP contribution in [0.5, 0.6) is 0 Å². The molecule has 9 heteroatoms. The monoisotopic (exact) mass is 289 g/mol. The molecule has 4 N–H and O–H groups in total. The molecule has 0 spiro atoms. The van der Waals surface area contributed by atoms with Crippen LogP contribution in [0.4, 0.5) is 4.79 Å². The Kier molecular flexibility index (Phi) is 7.71. The largest absolute Gasteiger partial charge is 0.481 e. The summed E-state index contributed by atoms with van der Waals surface area (Å²) in [5.74, 6) is -3.12. The van der Waals surface area contributed by atoms with Gasteiger partial charge >= 0.3 is 18.0 Å². The standard InChI is InChI=1S/C11H19N3O6/c1-3-14(4-2)8(15)6-12-11(20)13-7(10(18)19)5-9(16)17/h7H,3-6H2,1-2H3,(H,16,17)(H,18,19)(H2,12,13,20)/t7-/m1/s1. The van der Waals surface area contributed by atoms with Crippen LogP contribution in [-0.2, 0) is 14.4 Å². The van der Waals surface area contributed by atoms with Gasteiger partial charge in [0.2, 0.25) is 5.91 Å². The summed E-state index contributed by atoms with van der Waals surface area (Å²) in [7, 11) is 0. The highest BCUT2D eigenvalue weighted by molar-refractivity contribution is 5.88. The van der Waals surface area contributed by atoms with E-state index in [-0.39, 0.29) is 12.5 Å². The number of carbonyl (C=O) groups excluding carboxylic acids is 2. The Morgan fingerprint density at radius 2 is 1.65 bits per heavy atom. The fraction of sp³-hybridized carbons (Fsp3) is 0.636. The smallest absolute Gasteiger partial charge is 0.326 e. The Hall–Kier alpha value is -2.32. The molecule has 0 bridgehead atoms. The highest BCUT2D eigenvalue weighted by atomic mass is 16.4. The predicted octanol–water partition coefficient (Wildman–Crippen LogP) is -0.918. The molecule has 0 saturated heterocycles. The van der Waals surface area contributed by atoms with Crippen molar-refractivity contribution in [2.24, 2.45) is 0 Å². The van der Waals surface area contributed by atoms with Crippen molar-refractivity contribution in [1.82, 2.24) is 15.5 Å². The number of amides is 3. The van der Waals surface area contributed by atoms with Crippen LogP contribution in [0.25, 0.3) is 0 Å². The summed E-state index contributed by atoms with van der Waals surface area (Å²) >= 11 is 0. The van der Waals surface area contributed by atoms with Crippen LogP contribution in [0.2, 0.25) is 0 Å². The number of nitrogens with one attached hydrogen (secondary N) is 2. The lowest BCUT2D eigenvalue weighted by molar-refractivity contribution is -0.145. The first-order valence-corrected chi connectivity index (χ1v) is 6.08. The van der Waals surface area contributed by atoms with Crippen LogP contribution in [0.3, 0.4) is 0 Å². The van der Waals surface area contributed by atoms with Gasteiger partial charge in [0, 0.05) is 13.1 Å². The second-order valence-electron chi connectivity index (χ2n) is 3.88. The van der Waals surface area contributed by atoms with E-state index in [1.807, 2.05) is 5.32 Å². The number of carbonyl (C=O) groups is 4. The van der Waals surface area contributed by atoms with E-state index in [9.17, 15) is 19.2 Å². The van der Waals surface area contributed by atoms with Crippen LogP contribution in [-0.4, -0.2) is 64.7 Å². The minimum absolute atomic E-state index is 0.285. The number of likely N-dealkylation sites (N-methyl/N-ethyl adjacent to an activating group) is 1. The van der Waals surface area contributed by atoms with Crippen LogP contribution >= 0.6 is 0 Å². The molecule has 0 aromatic carbocycles. The molecule has 114 valence electrons. The minimum Gasteiger partial charge on any atom is -0.481 e. The topological polar surface area (TPSA) is 136 Å². The zero-order valence-corrected chi connectivity index (χ0v) is 11.4. The third-order valence-corrected chi connectivity index (χ3v) is 2.50. The van der Waals surface area contributed by atoms with Crippen molar-refractivity contribution in [1.29, 1.82) is 0 Å². The number of urea groups is 1. The van der Waals surface area contributed by atoms with Crippen LogP contribution < -0.4 is 10.6 Å². The van der Waals surface area contributed by atoms with Crippen LogP contribution in [0.15, 0.2) is 0 Å². The highest BCUT2D eigenvalue weighted by Gasteiger charge is 2.23. The summed E-state index contributed by atoms with van der Waals surface area (Å²) < 4.78 is 0. The minimum atomic E-state index is -1.55. The van der Waals surface area contributed by atoms with E-state index in [2.05, 4.69) is 5.32 Å². The van der Waals surface area contributed by atoms with Crippen molar-refractivity contribution in [2.75, 3.05) is 19.6 Å². The van der Waals surface area contributed by atoms with Gasteiger partial charge in [-0.1, -0.05) is 0 Å². The van der Waals surface area contributed by atoms with Gasteiger partial charge in [0.05, 0.1) is 13.0 Å². The van der Waals surface area contributed by atoms with E-state index in [4.69, 9.17) is 10.2 Å². The van der Waals surface area contributed by atoms with Crippen molar-refractivity contribution < 1.29 is 29.4 Å². The van der Waals surface area contributed by atoms with Crippen LogP contribution in [0, 0.1) is 0 Å². The highest BCUT2D eigenvalue weighted by Crippen LogP contribution is 1.93. The predicted molar refractivity (Wildman–Crippen MR) is 68.1 cm³/mol. The summed E-state index contributed by atoms with van der Waals surface area (Å²) in [5.41, 5.74) is 0. The van der Waals surface area contributed by atoms with Gasteiger partial charge in [-0.25, -0.2) is 9.59 Å². The molecule has 0 aliphatic heterocycles. The van der Waals surface area contributed by atoms with Gasteiger partial charge in [-0.2, -0.15) is 0 Å². The van der Waals surface area contributed by atoms with E-state index in [0.29, 0.717) is 13.1 Å². The molecule has 0 aliphatic rings. The number of carboxylic acid groups (broad SMARTS) is 2. The molecule has 0 radical (unpaired) electrons. The zero-order valence-electron chi connectivity index (χ0n) is 11.4. The maximum Gasteiger partial charge on any atom is 0.326 e. The molecule has 3 amide bonds. The number of hydrogen-bond donors (Lipinski definition) is 4. The number of rotatable bonds is 8. The molecule has 0 fully saturated rings. The Labute approximate surface area is 115 Å². The average Bonchev–Trinajstić information content (AvgIpc) is 2.36. The molecule has 0 saturated carbocycles. The summed E-state index contributed by atoms with van der Waals surface area (Å²) in [6.07, 6.45) is -0.743. The second kappa shape index (κ2) is 8.73. The van der Waals surface area contributed by atoms with Crippen molar-refractivity contribution in [3.63, 3.8) is 0 Å². The van der Waals surface area contributed by atoms with Gasteiger partial charge in [0.1, 0.15) is 6.04 Å². The lowest BCUT2D eigenvalue weighted by atomic mass is 10.2. The van der Waals surface area contributed by atoms with E-state index in [1.165, 1.54) is 4.90 Å². The molecule has 0 unspecified atom stereocenters. The van der Waals surface area contributed by atoms with Crippen molar-refractivity contribution >= 4 is 23.9 Å². The fourth-order valence-electron chi connectivity index (χ4n) is 1.43. The Balaban J connectivity index is 4.30. The van der Waals surface area contributed by atoms with Crippen molar-refractivity contribution in [3.05, 3.63) is 0 Å². The van der Waals surface area contributed by atoms with E-state index < -0.39 is 30.4 Å². The quantitative estimate of drug-likeness (QED) is 0.456. The Morgan fingerprint density at radius 3 is 2.05 bits per heavy atom. The molecule has 0 heterocycles. The van der Waals surface area contributed by atoms with Gasteiger partial charge in [0.25, 0.3) is 0 Å². The van der Waals surface area contributed by atoms with E-state index in [0.717, 1.165) is 0 Å². The summed E-state index contributed by atoms with van der Waals surface area (Å²) in [6, 6.07) is -2.45. The molecule has 20 heavy (non-hydrogen) atoms. The van der Waals surface area contributed by atoms with Crippen molar-refractivity contribution in [2.45, 2.75) is 26.3 Å². The molecule has 9 nitrogen and oxygen atoms in total. The fourth-order valence-corrected chi connectivity index (χ4v) is 1.43. The van der Waals surface area contributed by atoms with Gasteiger partial charge in [-0.15, -0.1) is 0 Å². The molecular formula is C11H19N3O6. The molecule has 0 aromatic rings. The van der Waals surface area contributed by atoms with Gasteiger partial charge in [0.15, 0.2) is 0 Å². The molecule has 0 rings (SSSR count). The summed E-state index contributed by atoms with van der Waals surface area (Å²) in [4.78, 5) is 45.6. The van der Waals surface area contributed by atoms with E-state index >= 15 is 0 Å². The normalized spacial score (nSPS) is 11.3. The molecule has 0 aliphatic carbocycles. The third-order valence-electron chi connectivity index (χ3n) is 2.50. The molecule has 1 atom stereocenters. The van der Waals surface area contributed by atoms with Gasteiger partial charge < -0.3 is 25.7 Å². The number of nitrogens with zero attached hydrogens (tertiary/aromatic N) is 1. The summed E-state index contributed by atoms with van der Waals surface area (Å²) in [6.45, 7) is 4.28. The number of aliphatic carboxylic acids is 2. The maximum atomic E-state index is 11.6. The summed E-state index contributed by atoms with van der Waals surface area (Å²) in [5, 5.41) is 21.4. The third kappa shape index (κ3) is 6.57. The number of hydrogen-bond acceptors (Lipinski definition) is 4. The maximum absolute atomic E-state index is 11.6. The van der Waals surface area contributed by atoms with Crippen LogP contribution in [0.1, 0.15) is 20.3 Å². The van der Waals surface area contributed by atoms with Crippen molar-refractivity contribution in [3.8, 4) is 0 Å². The molecule has 0 aromatic heterocycles.